The second kappa shape index (κ2) is 2.28. The Kier molecular flexibility index (Phi) is 1.23. The molecule has 0 aliphatic carbocycles. The average Bonchev–Trinajstić information content (AvgIpc) is 2.72. The molecule has 0 unspecified atom stereocenters. The van der Waals surface area contributed by atoms with Crippen LogP contribution in [0.5, 0.6) is 5.88 Å². The van der Waals surface area contributed by atoms with Gasteiger partial charge in [-0.25, -0.2) is 0 Å². The van der Waals surface area contributed by atoms with Gasteiger partial charge in [-0.1, -0.05) is 18.2 Å². The maximum absolute atomic E-state index is 5.58. The van der Waals surface area contributed by atoms with E-state index in [-0.39, 0.29) is 0 Å². The van der Waals surface area contributed by atoms with Crippen molar-refractivity contribution in [3.63, 3.8) is 0 Å². The molecule has 0 amide bonds. The zero-order valence-electron chi connectivity index (χ0n) is 7.58. The van der Waals surface area contributed by atoms with Gasteiger partial charge in [0.2, 0.25) is 0 Å². The normalized spacial score (nSPS) is 14.5. The van der Waals surface area contributed by atoms with E-state index in [9.17, 15) is 0 Å². The van der Waals surface area contributed by atoms with Crippen LogP contribution in [0.15, 0.2) is 24.3 Å². The molecule has 1 aromatic carbocycles. The Balaban J connectivity index is 2.49. The zero-order chi connectivity index (χ0) is 8.84. The Morgan fingerprint density at radius 2 is 2.15 bits per heavy atom. The molecule has 1 aromatic heterocycles. The van der Waals surface area contributed by atoms with E-state index in [0.29, 0.717) is 0 Å². The smallest absolute Gasteiger partial charge is 0.197 e. The second-order valence-corrected chi connectivity index (χ2v) is 3.46. The summed E-state index contributed by atoms with van der Waals surface area (Å²) in [6.07, 6.45) is 1.05. The van der Waals surface area contributed by atoms with Crippen molar-refractivity contribution in [2.45, 2.75) is 6.42 Å². The van der Waals surface area contributed by atoms with Crippen LogP contribution in [0, 0.1) is 0 Å². The molecule has 2 aromatic rings. The predicted octanol–water partition coefficient (Wildman–Crippen LogP) is 2.11. The average molecular weight is 173 g/mol. The van der Waals surface area contributed by atoms with Crippen LogP contribution in [-0.2, 0) is 13.5 Å². The Hall–Kier alpha value is -1.44. The molecule has 2 nitrogen and oxygen atoms in total. The first-order valence-electron chi connectivity index (χ1n) is 4.57. The van der Waals surface area contributed by atoms with Crippen molar-refractivity contribution < 1.29 is 4.74 Å². The first kappa shape index (κ1) is 7.01. The minimum absolute atomic E-state index is 0.837. The highest BCUT2D eigenvalue weighted by atomic mass is 16.5. The van der Waals surface area contributed by atoms with Crippen molar-refractivity contribution in [1.29, 1.82) is 0 Å². The quantitative estimate of drug-likeness (QED) is 0.595. The fourth-order valence-electron chi connectivity index (χ4n) is 2.12. The van der Waals surface area contributed by atoms with Crippen molar-refractivity contribution >= 4 is 10.9 Å². The van der Waals surface area contributed by atoms with Crippen LogP contribution in [0.4, 0.5) is 0 Å². The standard InChI is InChI=1S/C11H11NO/c1-12-10-5-3-2-4-8(10)9-6-7-13-11(9)12/h2-5H,6-7H2,1H3. The SMILES string of the molecule is Cn1c2c(c3ccccc31)CCO2. The van der Waals surface area contributed by atoms with E-state index in [1.807, 2.05) is 0 Å². The summed E-state index contributed by atoms with van der Waals surface area (Å²) in [5.74, 6) is 1.06. The maximum atomic E-state index is 5.58. The van der Waals surface area contributed by atoms with Gasteiger partial charge in [0.25, 0.3) is 0 Å². The summed E-state index contributed by atoms with van der Waals surface area (Å²) >= 11 is 0. The van der Waals surface area contributed by atoms with Gasteiger partial charge in [-0.2, -0.15) is 0 Å². The number of fused-ring (bicyclic) bond motifs is 3. The molecule has 13 heavy (non-hydrogen) atoms. The number of aromatic nitrogens is 1. The fourth-order valence-corrected chi connectivity index (χ4v) is 2.12. The van der Waals surface area contributed by atoms with Crippen LogP contribution >= 0.6 is 0 Å². The molecule has 3 rings (SSSR count). The number of ether oxygens (including phenoxy) is 1. The van der Waals surface area contributed by atoms with Crippen molar-refractivity contribution in [3.05, 3.63) is 29.8 Å². The van der Waals surface area contributed by atoms with Crippen LogP contribution in [0.1, 0.15) is 5.56 Å². The molecule has 0 N–H and O–H groups in total. The predicted molar refractivity (Wildman–Crippen MR) is 52.1 cm³/mol. The van der Waals surface area contributed by atoms with Crippen LogP contribution in [0.25, 0.3) is 10.9 Å². The lowest BCUT2D eigenvalue weighted by molar-refractivity contribution is 0.334. The van der Waals surface area contributed by atoms with Gasteiger partial charge in [0.05, 0.1) is 12.1 Å². The molecule has 2 heterocycles. The molecule has 0 saturated carbocycles. The number of rotatable bonds is 0. The van der Waals surface area contributed by atoms with Crippen LogP contribution in [0.3, 0.4) is 0 Å². The minimum atomic E-state index is 0.837. The van der Waals surface area contributed by atoms with Crippen LogP contribution in [0.2, 0.25) is 0 Å². The summed E-state index contributed by atoms with van der Waals surface area (Å²) in [7, 11) is 2.06. The third-order valence-electron chi connectivity index (χ3n) is 2.74. The van der Waals surface area contributed by atoms with Crippen molar-refractivity contribution in [2.75, 3.05) is 6.61 Å². The van der Waals surface area contributed by atoms with E-state index in [1.165, 1.54) is 16.5 Å². The lowest BCUT2D eigenvalue weighted by Gasteiger charge is -2.00. The lowest BCUT2D eigenvalue weighted by Crippen LogP contribution is -1.95. The van der Waals surface area contributed by atoms with E-state index in [1.54, 1.807) is 0 Å². The van der Waals surface area contributed by atoms with Crippen molar-refractivity contribution in [1.82, 2.24) is 4.57 Å². The molecule has 0 radical (unpaired) electrons. The molecule has 0 fully saturated rings. The van der Waals surface area contributed by atoms with E-state index in [0.717, 1.165) is 18.9 Å². The molecule has 0 spiro atoms. The molecule has 0 atom stereocenters. The molecule has 0 bridgehead atoms. The lowest BCUT2D eigenvalue weighted by atomic mass is 10.1. The summed E-state index contributed by atoms with van der Waals surface area (Å²) in [5.41, 5.74) is 2.64. The molecular weight excluding hydrogens is 162 g/mol. The van der Waals surface area contributed by atoms with Crippen molar-refractivity contribution in [2.24, 2.45) is 7.05 Å². The van der Waals surface area contributed by atoms with Gasteiger partial charge in [0, 0.05) is 24.4 Å². The molecular formula is C11H11NO. The minimum Gasteiger partial charge on any atom is -0.478 e. The number of para-hydroxylation sites is 1. The zero-order valence-corrected chi connectivity index (χ0v) is 7.58. The summed E-state index contributed by atoms with van der Waals surface area (Å²) in [6.45, 7) is 0.837. The largest absolute Gasteiger partial charge is 0.478 e. The molecule has 66 valence electrons. The van der Waals surface area contributed by atoms with Gasteiger partial charge >= 0.3 is 0 Å². The summed E-state index contributed by atoms with van der Waals surface area (Å²) < 4.78 is 7.71. The number of hydrogen-bond donors (Lipinski definition) is 0. The first-order valence-corrected chi connectivity index (χ1v) is 4.57. The topological polar surface area (TPSA) is 14.2 Å². The third kappa shape index (κ3) is 0.777. The first-order chi connectivity index (χ1) is 6.38. The highest BCUT2D eigenvalue weighted by molar-refractivity contribution is 5.87. The van der Waals surface area contributed by atoms with Gasteiger partial charge in [0.1, 0.15) is 0 Å². The number of hydrogen-bond acceptors (Lipinski definition) is 1. The van der Waals surface area contributed by atoms with E-state index in [2.05, 4.69) is 35.9 Å². The molecule has 1 aliphatic heterocycles. The van der Waals surface area contributed by atoms with Gasteiger partial charge in [-0.05, 0) is 6.07 Å². The number of nitrogens with zero attached hydrogens (tertiary/aromatic N) is 1. The highest BCUT2D eigenvalue weighted by Gasteiger charge is 2.20. The summed E-state index contributed by atoms with van der Waals surface area (Å²) in [4.78, 5) is 0. The summed E-state index contributed by atoms with van der Waals surface area (Å²) in [5, 5.41) is 1.34. The van der Waals surface area contributed by atoms with Gasteiger partial charge in [-0.3, -0.25) is 0 Å². The van der Waals surface area contributed by atoms with E-state index in [4.69, 9.17) is 4.74 Å². The second-order valence-electron chi connectivity index (χ2n) is 3.46. The summed E-state index contributed by atoms with van der Waals surface area (Å²) in [6, 6.07) is 8.46. The van der Waals surface area contributed by atoms with Gasteiger partial charge in [-0.15, -0.1) is 0 Å². The third-order valence-corrected chi connectivity index (χ3v) is 2.74. The van der Waals surface area contributed by atoms with E-state index >= 15 is 0 Å². The monoisotopic (exact) mass is 173 g/mol. The fraction of sp³-hybridized carbons (Fsp3) is 0.273. The Morgan fingerprint density at radius 1 is 1.31 bits per heavy atom. The Labute approximate surface area is 76.7 Å². The van der Waals surface area contributed by atoms with Crippen molar-refractivity contribution in [3.8, 4) is 5.88 Å². The van der Waals surface area contributed by atoms with Crippen LogP contribution in [-0.4, -0.2) is 11.2 Å². The van der Waals surface area contributed by atoms with Gasteiger partial charge in [0.15, 0.2) is 5.88 Å². The molecule has 1 aliphatic rings. The van der Waals surface area contributed by atoms with Crippen LogP contribution < -0.4 is 4.74 Å². The Bertz CT molecular complexity index is 470. The number of benzene rings is 1. The van der Waals surface area contributed by atoms with Gasteiger partial charge < -0.3 is 9.30 Å². The number of aryl methyl sites for hydroxylation is 1. The molecule has 2 heteroatoms. The molecule has 0 saturated heterocycles. The Morgan fingerprint density at radius 3 is 3.08 bits per heavy atom. The highest BCUT2D eigenvalue weighted by Crippen LogP contribution is 2.34. The van der Waals surface area contributed by atoms with E-state index < -0.39 is 0 Å². The maximum Gasteiger partial charge on any atom is 0.197 e.